The molecular formula is C17H18F2N4O3S. The molecule has 3 rings (SSSR count). The number of pyridine rings is 1. The van der Waals surface area contributed by atoms with Crippen molar-refractivity contribution < 1.29 is 22.0 Å². The Hall–Kier alpha value is -2.59. The summed E-state index contributed by atoms with van der Waals surface area (Å²) in [6.07, 6.45) is 1.88. The number of nitrogens with zero attached hydrogens (tertiary/aromatic N) is 2. The SMILES string of the molecule is O=C(Nc1ccc(F)cn1)N1CCC(NS(=O)(=O)c2ccc(F)cc2)CC1. The van der Waals surface area contributed by atoms with Crippen LogP contribution < -0.4 is 10.0 Å². The molecule has 0 saturated carbocycles. The number of nitrogens with one attached hydrogen (secondary N) is 2. The van der Waals surface area contributed by atoms with Crippen LogP contribution in [-0.2, 0) is 10.0 Å². The van der Waals surface area contributed by atoms with Crippen LogP contribution in [0.5, 0.6) is 0 Å². The Balaban J connectivity index is 1.53. The zero-order chi connectivity index (χ0) is 19.4. The normalized spacial score (nSPS) is 15.6. The summed E-state index contributed by atoms with van der Waals surface area (Å²) in [5.74, 6) is -0.772. The van der Waals surface area contributed by atoms with E-state index in [2.05, 4.69) is 15.0 Å². The largest absolute Gasteiger partial charge is 0.324 e. The second-order valence-corrected chi connectivity index (χ2v) is 7.84. The molecule has 1 aromatic carbocycles. The van der Waals surface area contributed by atoms with Gasteiger partial charge in [0.2, 0.25) is 10.0 Å². The van der Waals surface area contributed by atoms with Gasteiger partial charge in [0.1, 0.15) is 17.5 Å². The third-order valence-corrected chi connectivity index (χ3v) is 5.73. The summed E-state index contributed by atoms with van der Waals surface area (Å²) in [4.78, 5) is 17.5. The molecule has 2 aromatic rings. The number of anilines is 1. The molecular weight excluding hydrogens is 378 g/mol. The number of piperidine rings is 1. The van der Waals surface area contributed by atoms with E-state index in [0.717, 1.165) is 18.3 Å². The summed E-state index contributed by atoms with van der Waals surface area (Å²) < 4.78 is 53.0. The van der Waals surface area contributed by atoms with E-state index in [4.69, 9.17) is 0 Å². The van der Waals surface area contributed by atoms with E-state index in [1.807, 2.05) is 0 Å². The number of hydrogen-bond donors (Lipinski definition) is 2. The predicted octanol–water partition coefficient (Wildman–Crippen LogP) is 2.33. The maximum atomic E-state index is 12.9. The molecule has 1 aliphatic rings. The monoisotopic (exact) mass is 396 g/mol. The molecule has 0 bridgehead atoms. The topological polar surface area (TPSA) is 91.4 Å². The van der Waals surface area contributed by atoms with Crippen molar-refractivity contribution >= 4 is 21.9 Å². The van der Waals surface area contributed by atoms with Gasteiger partial charge in [-0.15, -0.1) is 0 Å². The van der Waals surface area contributed by atoms with Crippen molar-refractivity contribution in [1.82, 2.24) is 14.6 Å². The average Bonchev–Trinajstić information content (AvgIpc) is 2.64. The zero-order valence-corrected chi connectivity index (χ0v) is 15.0. The Morgan fingerprint density at radius 3 is 2.26 bits per heavy atom. The predicted molar refractivity (Wildman–Crippen MR) is 94.5 cm³/mol. The van der Waals surface area contributed by atoms with Gasteiger partial charge in [0.05, 0.1) is 11.1 Å². The fourth-order valence-corrected chi connectivity index (χ4v) is 4.05. The maximum absolute atomic E-state index is 12.9. The second kappa shape index (κ2) is 7.97. The number of rotatable bonds is 4. The highest BCUT2D eigenvalue weighted by molar-refractivity contribution is 7.89. The van der Waals surface area contributed by atoms with Crippen LogP contribution in [0, 0.1) is 11.6 Å². The number of aromatic nitrogens is 1. The van der Waals surface area contributed by atoms with Crippen LogP contribution in [0.1, 0.15) is 12.8 Å². The molecule has 2 amide bonds. The van der Waals surface area contributed by atoms with E-state index in [1.165, 1.54) is 29.2 Å². The van der Waals surface area contributed by atoms with E-state index in [-0.39, 0.29) is 22.8 Å². The van der Waals surface area contributed by atoms with Crippen LogP contribution in [0.2, 0.25) is 0 Å². The van der Waals surface area contributed by atoms with Gasteiger partial charge in [-0.2, -0.15) is 0 Å². The highest BCUT2D eigenvalue weighted by Crippen LogP contribution is 2.16. The van der Waals surface area contributed by atoms with Crippen molar-refractivity contribution in [3.8, 4) is 0 Å². The minimum atomic E-state index is -3.75. The van der Waals surface area contributed by atoms with Crippen LogP contribution in [0.25, 0.3) is 0 Å². The van der Waals surface area contributed by atoms with Gasteiger partial charge in [-0.3, -0.25) is 5.32 Å². The number of carbonyl (C=O) groups excluding carboxylic acids is 1. The molecule has 0 radical (unpaired) electrons. The lowest BCUT2D eigenvalue weighted by molar-refractivity contribution is 0.193. The Morgan fingerprint density at radius 2 is 1.67 bits per heavy atom. The van der Waals surface area contributed by atoms with Crippen molar-refractivity contribution in [3.05, 3.63) is 54.2 Å². The van der Waals surface area contributed by atoms with E-state index < -0.39 is 21.7 Å². The van der Waals surface area contributed by atoms with Gasteiger partial charge in [-0.05, 0) is 49.2 Å². The molecule has 0 atom stereocenters. The summed E-state index contributed by atoms with van der Waals surface area (Å²) in [7, 11) is -3.75. The third kappa shape index (κ3) is 4.98. The van der Waals surface area contributed by atoms with E-state index in [0.29, 0.717) is 25.9 Å². The first-order chi connectivity index (χ1) is 12.8. The number of sulfonamides is 1. The fourth-order valence-electron chi connectivity index (χ4n) is 2.74. The molecule has 0 spiro atoms. The van der Waals surface area contributed by atoms with Crippen LogP contribution in [0.4, 0.5) is 19.4 Å². The van der Waals surface area contributed by atoms with Crippen molar-refractivity contribution in [2.24, 2.45) is 0 Å². The van der Waals surface area contributed by atoms with Gasteiger partial charge in [0, 0.05) is 19.1 Å². The highest BCUT2D eigenvalue weighted by atomic mass is 32.2. The van der Waals surface area contributed by atoms with E-state index in [9.17, 15) is 22.0 Å². The molecule has 27 heavy (non-hydrogen) atoms. The van der Waals surface area contributed by atoms with Crippen molar-refractivity contribution in [2.45, 2.75) is 23.8 Å². The Bertz CT molecular complexity index is 897. The van der Waals surface area contributed by atoms with E-state index >= 15 is 0 Å². The number of hydrogen-bond acceptors (Lipinski definition) is 4. The van der Waals surface area contributed by atoms with Crippen LogP contribution >= 0.6 is 0 Å². The Kier molecular flexibility index (Phi) is 5.66. The summed E-state index contributed by atoms with van der Waals surface area (Å²) in [5, 5.41) is 2.57. The first-order valence-electron chi connectivity index (χ1n) is 8.29. The number of amides is 2. The highest BCUT2D eigenvalue weighted by Gasteiger charge is 2.27. The van der Waals surface area contributed by atoms with Gasteiger partial charge in [-0.25, -0.2) is 31.7 Å². The molecule has 2 heterocycles. The number of likely N-dealkylation sites (tertiary alicyclic amines) is 1. The molecule has 1 aliphatic heterocycles. The molecule has 1 aromatic heterocycles. The van der Waals surface area contributed by atoms with Gasteiger partial charge in [0.25, 0.3) is 0 Å². The smallest absolute Gasteiger partial charge is 0.323 e. The van der Waals surface area contributed by atoms with Gasteiger partial charge < -0.3 is 4.90 Å². The number of carbonyl (C=O) groups is 1. The quantitative estimate of drug-likeness (QED) is 0.830. The summed E-state index contributed by atoms with van der Waals surface area (Å²) >= 11 is 0. The lowest BCUT2D eigenvalue weighted by atomic mass is 10.1. The number of benzene rings is 1. The van der Waals surface area contributed by atoms with E-state index in [1.54, 1.807) is 0 Å². The van der Waals surface area contributed by atoms with Crippen LogP contribution in [-0.4, -0.2) is 43.5 Å². The standard InChI is InChI=1S/C17H18F2N4O3S/c18-12-1-4-15(5-2-12)27(25,26)22-14-7-9-23(10-8-14)17(24)21-16-6-3-13(19)11-20-16/h1-6,11,14,22H,7-10H2,(H,20,21,24). The van der Waals surface area contributed by atoms with Gasteiger partial charge in [-0.1, -0.05) is 0 Å². The lowest BCUT2D eigenvalue weighted by Crippen LogP contribution is -2.47. The Morgan fingerprint density at radius 1 is 1.04 bits per heavy atom. The van der Waals surface area contributed by atoms with Crippen LogP contribution in [0.15, 0.2) is 47.5 Å². The van der Waals surface area contributed by atoms with Crippen molar-refractivity contribution in [2.75, 3.05) is 18.4 Å². The molecule has 0 unspecified atom stereocenters. The molecule has 1 fully saturated rings. The van der Waals surface area contributed by atoms with Gasteiger partial charge >= 0.3 is 6.03 Å². The van der Waals surface area contributed by atoms with Gasteiger partial charge in [0.15, 0.2) is 0 Å². The Labute approximate surface area is 155 Å². The lowest BCUT2D eigenvalue weighted by Gasteiger charge is -2.32. The minimum absolute atomic E-state index is 0.00791. The average molecular weight is 396 g/mol. The molecule has 10 heteroatoms. The first-order valence-corrected chi connectivity index (χ1v) is 9.77. The third-order valence-electron chi connectivity index (χ3n) is 4.19. The molecule has 144 valence electrons. The summed E-state index contributed by atoms with van der Waals surface area (Å²) in [6, 6.07) is 6.43. The van der Waals surface area contributed by atoms with Crippen LogP contribution in [0.3, 0.4) is 0 Å². The number of urea groups is 1. The first kappa shape index (κ1) is 19.2. The second-order valence-electron chi connectivity index (χ2n) is 6.13. The molecule has 2 N–H and O–H groups in total. The molecule has 7 nitrogen and oxygen atoms in total. The van der Waals surface area contributed by atoms with Crippen molar-refractivity contribution in [3.63, 3.8) is 0 Å². The summed E-state index contributed by atoms with van der Waals surface area (Å²) in [5.41, 5.74) is 0. The summed E-state index contributed by atoms with van der Waals surface area (Å²) in [6.45, 7) is 0.702. The fraction of sp³-hybridized carbons (Fsp3) is 0.294. The number of halogens is 2. The minimum Gasteiger partial charge on any atom is -0.324 e. The molecule has 1 saturated heterocycles. The zero-order valence-electron chi connectivity index (χ0n) is 14.2. The maximum Gasteiger partial charge on any atom is 0.323 e. The van der Waals surface area contributed by atoms with Crippen molar-refractivity contribution in [1.29, 1.82) is 0 Å². The molecule has 0 aliphatic carbocycles.